The van der Waals surface area contributed by atoms with Crippen LogP contribution in [-0.4, -0.2) is 51.8 Å². The van der Waals surface area contributed by atoms with Crippen molar-refractivity contribution in [3.63, 3.8) is 0 Å². The van der Waals surface area contributed by atoms with Gasteiger partial charge in [-0.25, -0.2) is 0 Å². The number of rotatable bonds is 6. The molecule has 2 fully saturated rings. The van der Waals surface area contributed by atoms with Gasteiger partial charge in [-0.05, 0) is 0 Å². The van der Waals surface area contributed by atoms with E-state index in [-0.39, 0.29) is 9.41 Å². The molecule has 0 radical (unpaired) electrons. The summed E-state index contributed by atoms with van der Waals surface area (Å²) in [5, 5.41) is 3.69. The van der Waals surface area contributed by atoms with Crippen molar-refractivity contribution in [3.05, 3.63) is 41.4 Å². The monoisotopic (exact) mass is 630 g/mol. The Morgan fingerprint density at radius 3 is 1.32 bits per heavy atom. The minimum Gasteiger partial charge on any atom is -1.00 e. The van der Waals surface area contributed by atoms with Crippen molar-refractivity contribution in [2.24, 2.45) is 0 Å². The quantitative estimate of drug-likeness (QED) is 0.382. The van der Waals surface area contributed by atoms with E-state index in [1.54, 1.807) is 0 Å². The maximum absolute atomic E-state index is 2.92. The number of hydrogen-bond donors (Lipinski definition) is 0. The van der Waals surface area contributed by atoms with E-state index in [0.29, 0.717) is 0 Å². The maximum atomic E-state index is 2.92. The first-order valence-corrected chi connectivity index (χ1v) is 21.5. The Morgan fingerprint density at radius 1 is 0.613 bits per heavy atom. The van der Waals surface area contributed by atoms with Gasteiger partial charge in [0.15, 0.2) is 0 Å². The Morgan fingerprint density at radius 2 is 0.968 bits per heavy atom. The van der Waals surface area contributed by atoms with E-state index in [2.05, 4.69) is 59.6 Å². The molecule has 0 atom stereocenters. The zero-order valence-corrected chi connectivity index (χ0v) is 25.5. The Kier molecular flexibility index (Phi) is 10.1. The van der Waals surface area contributed by atoms with Crippen LogP contribution in [0.4, 0.5) is 0 Å². The molecule has 0 aromatic heterocycles. The molecule has 2 heterocycles. The van der Waals surface area contributed by atoms with Crippen LogP contribution in [0.3, 0.4) is 0 Å². The van der Waals surface area contributed by atoms with Gasteiger partial charge in [-0.3, -0.25) is 0 Å². The zero-order valence-electron chi connectivity index (χ0n) is 19.9. The van der Waals surface area contributed by atoms with Crippen LogP contribution in [0.1, 0.15) is 51.4 Å². The van der Waals surface area contributed by atoms with E-state index in [9.17, 15) is 0 Å². The molecule has 4 aliphatic rings. The second-order valence-electron chi connectivity index (χ2n) is 10.3. The fourth-order valence-corrected chi connectivity index (χ4v) is 24.2. The van der Waals surface area contributed by atoms with Crippen molar-refractivity contribution in [3.8, 4) is 0 Å². The average Bonchev–Trinajstić information content (AvgIpc) is 3.40. The molecule has 0 amide bonds. The van der Waals surface area contributed by atoms with Gasteiger partial charge < -0.3 is 9.41 Å². The van der Waals surface area contributed by atoms with Gasteiger partial charge in [0.2, 0.25) is 0 Å². The number of piperidine rings is 2. The first kappa shape index (κ1) is 27.3. The molecule has 0 aromatic rings. The molecule has 7 heteroatoms. The van der Waals surface area contributed by atoms with Crippen LogP contribution in [0.2, 0.25) is 26.2 Å². The first-order valence-electron chi connectivity index (χ1n) is 12.0. The molecule has 172 valence electrons. The summed E-state index contributed by atoms with van der Waals surface area (Å²) in [5.41, 5.74) is 0. The fourth-order valence-electron chi connectivity index (χ4n) is 5.82. The Bertz CT molecular complexity index is 685. The molecule has 2 aliphatic carbocycles. The predicted octanol–water partition coefficient (Wildman–Crippen LogP) is -0.0347. The Balaban J connectivity index is 0.00000171. The largest absolute Gasteiger partial charge is 1.00 e. The average molecular weight is 629 g/mol. The third kappa shape index (κ3) is 5.76. The van der Waals surface area contributed by atoms with Gasteiger partial charge in [0.05, 0.1) is 0 Å². The Labute approximate surface area is 202 Å². The summed E-state index contributed by atoms with van der Waals surface area (Å²) in [6, 6.07) is 0. The number of hydrogen-bond acceptors (Lipinski definition) is 2. The standard InChI is InChI=1S/2C12H20NSi.2FH.Hf/c2*1-14(2,12-8-4-5-9-12)13-10-6-3-7-11-13;;;/h2*4,8H,3,5-7,10-11H2,1-2H3;2*1H;/q;;;;+2/p-2. The van der Waals surface area contributed by atoms with Crippen molar-refractivity contribution < 1.29 is 32.3 Å². The third-order valence-electron chi connectivity index (χ3n) is 7.78. The van der Waals surface area contributed by atoms with Crippen LogP contribution < -0.4 is 9.41 Å². The second-order valence-corrected chi connectivity index (χ2v) is 24.1. The van der Waals surface area contributed by atoms with E-state index in [0.717, 1.165) is 0 Å². The molecular weight excluding hydrogens is 589 g/mol. The van der Waals surface area contributed by atoms with Crippen molar-refractivity contribution in [1.29, 1.82) is 0 Å². The Hall–Kier alpha value is 0.0439. The van der Waals surface area contributed by atoms with Crippen molar-refractivity contribution in [1.82, 2.24) is 9.13 Å². The van der Waals surface area contributed by atoms with Crippen LogP contribution >= 0.6 is 0 Å². The van der Waals surface area contributed by atoms with Gasteiger partial charge in [0, 0.05) is 0 Å². The van der Waals surface area contributed by atoms with E-state index in [1.807, 2.05) is 17.1 Å². The maximum Gasteiger partial charge on any atom is -1.00 e. The van der Waals surface area contributed by atoms with Crippen molar-refractivity contribution in [2.75, 3.05) is 26.2 Å². The van der Waals surface area contributed by atoms with Crippen LogP contribution in [0.5, 0.6) is 0 Å². The molecule has 0 unspecified atom stereocenters. The molecule has 2 nitrogen and oxygen atoms in total. The summed E-state index contributed by atoms with van der Waals surface area (Å²) >= 11 is -0.930. The molecule has 4 rings (SSSR count). The molecule has 0 aromatic carbocycles. The normalized spacial score (nSPS) is 23.1. The fraction of sp³-hybridized carbons (Fsp3) is 0.667. The molecule has 0 saturated carbocycles. The van der Waals surface area contributed by atoms with Gasteiger partial charge >= 0.3 is 194 Å². The number of nitrogens with zero attached hydrogens (tertiary/aromatic N) is 2. The van der Waals surface area contributed by atoms with E-state index in [4.69, 9.17) is 0 Å². The van der Waals surface area contributed by atoms with Gasteiger partial charge in [0.1, 0.15) is 0 Å². The number of allylic oxidation sites excluding steroid dienone is 8. The minimum absolute atomic E-state index is 0. The molecule has 2 saturated heterocycles. The molecule has 0 N–H and O–H groups in total. The van der Waals surface area contributed by atoms with E-state index in [1.165, 1.54) is 77.5 Å². The molecule has 31 heavy (non-hydrogen) atoms. The van der Waals surface area contributed by atoms with Gasteiger partial charge in [0.25, 0.3) is 0 Å². The summed E-state index contributed by atoms with van der Waals surface area (Å²) in [6.45, 7) is 16.0. The molecular formula is C24H40F2HfN2Si2. The van der Waals surface area contributed by atoms with Crippen LogP contribution in [0, 0.1) is 0 Å². The summed E-state index contributed by atoms with van der Waals surface area (Å²) in [6.07, 6.45) is 21.3. The second kappa shape index (κ2) is 11.5. The van der Waals surface area contributed by atoms with E-state index < -0.39 is 39.4 Å². The summed E-state index contributed by atoms with van der Waals surface area (Å²) in [5.74, 6) is 0. The molecule has 0 spiro atoms. The summed E-state index contributed by atoms with van der Waals surface area (Å²) in [7, 11) is -2.94. The summed E-state index contributed by atoms with van der Waals surface area (Å²) in [4.78, 5) is 0. The van der Waals surface area contributed by atoms with Gasteiger partial charge in [-0.1, -0.05) is 0 Å². The van der Waals surface area contributed by atoms with E-state index >= 15 is 0 Å². The van der Waals surface area contributed by atoms with Crippen LogP contribution in [0.15, 0.2) is 41.4 Å². The van der Waals surface area contributed by atoms with Crippen LogP contribution in [0.25, 0.3) is 0 Å². The van der Waals surface area contributed by atoms with Crippen molar-refractivity contribution in [2.45, 2.75) is 77.6 Å². The smallest absolute Gasteiger partial charge is 1.00 e. The SMILES string of the molecule is C[Si](C)(C1=[C]([Hf+2][C]2=C([Si](C)(C)N3CCCCC3)C=CC2)CC=C1)N1CCCCC1.[F-].[F-]. The van der Waals surface area contributed by atoms with Gasteiger partial charge in [-0.2, -0.15) is 0 Å². The van der Waals surface area contributed by atoms with Crippen molar-refractivity contribution >= 4 is 16.5 Å². The topological polar surface area (TPSA) is 6.48 Å². The predicted molar refractivity (Wildman–Crippen MR) is 127 cm³/mol. The number of halogens is 2. The van der Waals surface area contributed by atoms with Gasteiger partial charge in [-0.15, -0.1) is 0 Å². The zero-order chi connectivity index (χ0) is 20.5. The van der Waals surface area contributed by atoms with Crippen LogP contribution in [-0.2, 0) is 22.9 Å². The third-order valence-corrected chi connectivity index (χ3v) is 22.8. The first-order chi connectivity index (χ1) is 13.9. The molecule has 2 aliphatic heterocycles. The minimum atomic E-state index is -1.47. The molecule has 0 bridgehead atoms. The summed E-state index contributed by atoms with van der Waals surface area (Å²) < 4.78 is 9.73.